The number of piperidine rings is 1. The van der Waals surface area contributed by atoms with E-state index in [4.69, 9.17) is 0 Å². The minimum atomic E-state index is -0.258. The highest BCUT2D eigenvalue weighted by Crippen LogP contribution is 2.35. The molecule has 0 saturated carbocycles. The number of pyridine rings is 1. The van der Waals surface area contributed by atoms with Crippen molar-refractivity contribution in [1.82, 2.24) is 29.8 Å². The molecule has 0 unspecified atom stereocenters. The van der Waals surface area contributed by atoms with Gasteiger partial charge in [0.15, 0.2) is 0 Å². The Morgan fingerprint density at radius 2 is 2.13 bits per heavy atom. The molecule has 1 saturated heterocycles. The third-order valence-electron chi connectivity index (χ3n) is 6.82. The fraction of sp³-hybridized carbons (Fsp3) is 0.565. The number of fused-ring (bicyclic) bond motifs is 4. The molecule has 2 aliphatic heterocycles. The van der Waals surface area contributed by atoms with Crippen LogP contribution in [0.15, 0.2) is 34.8 Å². The fourth-order valence-corrected chi connectivity index (χ4v) is 5.40. The average molecular weight is 423 g/mol. The standard InChI is InChI=1S/C23H30N6O2/c1-27-14-19(25-26-27)15-28-11-17-9-18(13-28)21-8-7-20(23(31)29(21)12-17)22(30)24-10-16-5-3-2-4-6-16/h5,7-8,14,17-18H,2-4,6,9-13,15H2,1H3,(H,24,30)/t17-,18+/m0/s1. The minimum Gasteiger partial charge on any atom is -0.348 e. The molecule has 31 heavy (non-hydrogen) atoms. The molecule has 2 aromatic heterocycles. The molecule has 3 aliphatic rings. The van der Waals surface area contributed by atoms with Crippen LogP contribution in [0.1, 0.15) is 59.8 Å². The van der Waals surface area contributed by atoms with Gasteiger partial charge in [-0.2, -0.15) is 0 Å². The molecule has 0 spiro atoms. The summed E-state index contributed by atoms with van der Waals surface area (Å²) in [5, 5.41) is 11.2. The summed E-state index contributed by atoms with van der Waals surface area (Å²) in [6, 6.07) is 3.71. The highest BCUT2D eigenvalue weighted by atomic mass is 16.2. The number of nitrogens with zero attached hydrogens (tertiary/aromatic N) is 5. The molecule has 1 amide bonds. The summed E-state index contributed by atoms with van der Waals surface area (Å²) in [7, 11) is 1.88. The Hall–Kier alpha value is -2.74. The number of aryl methyl sites for hydroxylation is 1. The second-order valence-electron chi connectivity index (χ2n) is 9.25. The summed E-state index contributed by atoms with van der Waals surface area (Å²) in [5.74, 6) is 0.458. The number of aromatic nitrogens is 4. The maximum absolute atomic E-state index is 13.2. The fourth-order valence-electron chi connectivity index (χ4n) is 5.40. The van der Waals surface area contributed by atoms with Crippen LogP contribution in [0.25, 0.3) is 0 Å². The van der Waals surface area contributed by atoms with E-state index in [0.717, 1.165) is 50.3 Å². The van der Waals surface area contributed by atoms with Crippen molar-refractivity contribution >= 4 is 5.91 Å². The van der Waals surface area contributed by atoms with Crippen LogP contribution in [-0.2, 0) is 20.1 Å². The smallest absolute Gasteiger partial charge is 0.263 e. The molecule has 0 radical (unpaired) electrons. The molecule has 8 nitrogen and oxygen atoms in total. The van der Waals surface area contributed by atoms with Crippen LogP contribution < -0.4 is 10.9 Å². The van der Waals surface area contributed by atoms with E-state index in [0.29, 0.717) is 24.9 Å². The summed E-state index contributed by atoms with van der Waals surface area (Å²) in [5.41, 5.74) is 3.41. The molecule has 2 atom stereocenters. The van der Waals surface area contributed by atoms with Crippen LogP contribution in [0.5, 0.6) is 0 Å². The lowest BCUT2D eigenvalue weighted by Crippen LogP contribution is -2.47. The topological polar surface area (TPSA) is 85.0 Å². The molecule has 1 N–H and O–H groups in total. The van der Waals surface area contributed by atoms with Gasteiger partial charge in [-0.3, -0.25) is 19.2 Å². The summed E-state index contributed by atoms with van der Waals surface area (Å²) in [4.78, 5) is 28.3. The van der Waals surface area contributed by atoms with Gasteiger partial charge in [-0.15, -0.1) is 5.10 Å². The Labute approximate surface area is 181 Å². The van der Waals surface area contributed by atoms with E-state index in [1.54, 1.807) is 10.7 Å². The van der Waals surface area contributed by atoms with Crippen molar-refractivity contribution in [3.05, 3.63) is 57.3 Å². The Morgan fingerprint density at radius 1 is 1.23 bits per heavy atom. The van der Waals surface area contributed by atoms with Crippen molar-refractivity contribution in [2.45, 2.75) is 51.1 Å². The zero-order chi connectivity index (χ0) is 21.4. The zero-order valence-electron chi connectivity index (χ0n) is 18.1. The van der Waals surface area contributed by atoms with Crippen molar-refractivity contribution in [3.8, 4) is 0 Å². The molecular weight excluding hydrogens is 392 g/mol. The highest BCUT2D eigenvalue weighted by Gasteiger charge is 2.35. The summed E-state index contributed by atoms with van der Waals surface area (Å²) in [6.45, 7) is 3.83. The molecule has 4 heterocycles. The molecule has 2 bridgehead atoms. The Bertz CT molecular complexity index is 1070. The predicted octanol–water partition coefficient (Wildman–Crippen LogP) is 1.83. The Morgan fingerprint density at radius 3 is 2.90 bits per heavy atom. The lowest BCUT2D eigenvalue weighted by atomic mass is 9.83. The van der Waals surface area contributed by atoms with E-state index in [1.165, 1.54) is 18.4 Å². The van der Waals surface area contributed by atoms with Gasteiger partial charge >= 0.3 is 0 Å². The minimum absolute atomic E-state index is 0.148. The Kier molecular flexibility index (Phi) is 5.48. The third-order valence-corrected chi connectivity index (χ3v) is 6.82. The first-order valence-corrected chi connectivity index (χ1v) is 11.3. The van der Waals surface area contributed by atoms with Crippen LogP contribution in [-0.4, -0.2) is 50.0 Å². The summed E-state index contributed by atoms with van der Waals surface area (Å²) in [6.07, 6.45) is 9.80. The Balaban J connectivity index is 1.30. The van der Waals surface area contributed by atoms with Crippen molar-refractivity contribution in [2.75, 3.05) is 19.6 Å². The van der Waals surface area contributed by atoms with Gasteiger partial charge in [0, 0.05) is 57.6 Å². The van der Waals surface area contributed by atoms with E-state index in [-0.39, 0.29) is 17.0 Å². The number of hydrogen-bond donors (Lipinski definition) is 1. The van der Waals surface area contributed by atoms with Crippen molar-refractivity contribution in [3.63, 3.8) is 0 Å². The van der Waals surface area contributed by atoms with Gasteiger partial charge in [0.05, 0.1) is 5.69 Å². The third kappa shape index (κ3) is 4.21. The zero-order valence-corrected chi connectivity index (χ0v) is 18.1. The second kappa shape index (κ2) is 8.42. The van der Waals surface area contributed by atoms with Gasteiger partial charge in [-0.1, -0.05) is 16.9 Å². The van der Waals surface area contributed by atoms with Gasteiger partial charge in [-0.05, 0) is 50.2 Å². The predicted molar refractivity (Wildman–Crippen MR) is 117 cm³/mol. The van der Waals surface area contributed by atoms with Gasteiger partial charge in [0.1, 0.15) is 5.56 Å². The van der Waals surface area contributed by atoms with E-state index < -0.39 is 0 Å². The summed E-state index contributed by atoms with van der Waals surface area (Å²) < 4.78 is 3.58. The maximum atomic E-state index is 13.2. The number of nitrogens with one attached hydrogen (secondary N) is 1. The first-order valence-electron chi connectivity index (χ1n) is 11.3. The lowest BCUT2D eigenvalue weighted by molar-refractivity contribution is 0.0949. The SMILES string of the molecule is Cn1cc(CN2C[C@@H]3C[C@H](C2)c2ccc(C(=O)NCC4=CCCCC4)c(=O)n2C3)nn1. The van der Waals surface area contributed by atoms with E-state index in [2.05, 4.69) is 26.6 Å². The monoisotopic (exact) mass is 422 g/mol. The highest BCUT2D eigenvalue weighted by molar-refractivity contribution is 5.94. The number of carbonyl (C=O) groups excluding carboxylic acids is 1. The molecule has 0 aromatic carbocycles. The second-order valence-corrected chi connectivity index (χ2v) is 9.25. The van der Waals surface area contributed by atoms with Crippen LogP contribution in [0, 0.1) is 5.92 Å². The van der Waals surface area contributed by atoms with Crippen molar-refractivity contribution < 1.29 is 4.79 Å². The van der Waals surface area contributed by atoms with Crippen LogP contribution in [0.2, 0.25) is 0 Å². The number of likely N-dealkylation sites (tertiary alicyclic amines) is 1. The van der Waals surface area contributed by atoms with E-state index >= 15 is 0 Å². The molecule has 5 rings (SSSR count). The van der Waals surface area contributed by atoms with Crippen LogP contribution >= 0.6 is 0 Å². The molecular formula is C23H30N6O2. The molecule has 1 aliphatic carbocycles. The summed E-state index contributed by atoms with van der Waals surface area (Å²) >= 11 is 0. The first kappa shape index (κ1) is 20.2. The van der Waals surface area contributed by atoms with Crippen LogP contribution in [0.3, 0.4) is 0 Å². The quantitative estimate of drug-likeness (QED) is 0.743. The van der Waals surface area contributed by atoms with Gasteiger partial charge in [0.2, 0.25) is 0 Å². The van der Waals surface area contributed by atoms with Gasteiger partial charge in [-0.25, -0.2) is 0 Å². The number of amides is 1. The number of carbonyl (C=O) groups is 1. The molecule has 164 valence electrons. The largest absolute Gasteiger partial charge is 0.348 e. The number of allylic oxidation sites excluding steroid dienone is 1. The van der Waals surface area contributed by atoms with E-state index in [1.807, 2.05) is 23.9 Å². The normalized spacial score (nSPS) is 23.2. The van der Waals surface area contributed by atoms with Gasteiger partial charge in [0.25, 0.3) is 11.5 Å². The maximum Gasteiger partial charge on any atom is 0.263 e. The number of rotatable bonds is 5. The number of hydrogen-bond acceptors (Lipinski definition) is 5. The van der Waals surface area contributed by atoms with Crippen molar-refractivity contribution in [2.24, 2.45) is 13.0 Å². The van der Waals surface area contributed by atoms with Crippen LogP contribution in [0.4, 0.5) is 0 Å². The molecule has 1 fully saturated rings. The molecule has 2 aromatic rings. The first-order chi connectivity index (χ1) is 15.1. The van der Waals surface area contributed by atoms with E-state index in [9.17, 15) is 9.59 Å². The molecule has 8 heteroatoms. The van der Waals surface area contributed by atoms with Gasteiger partial charge < -0.3 is 9.88 Å². The lowest BCUT2D eigenvalue weighted by Gasteiger charge is -2.42. The average Bonchev–Trinajstić information content (AvgIpc) is 3.18. The van der Waals surface area contributed by atoms with Crippen molar-refractivity contribution in [1.29, 1.82) is 0 Å².